The molecule has 0 aliphatic carbocycles. The van der Waals surface area contributed by atoms with Crippen LogP contribution in [0.15, 0.2) is 42.7 Å². The number of hydrogen-bond acceptors (Lipinski definition) is 6. The van der Waals surface area contributed by atoms with E-state index in [9.17, 15) is 4.79 Å². The number of amides is 1. The molecule has 1 aliphatic rings. The smallest absolute Gasteiger partial charge is 0.223 e. The SMILES string of the molecule is COc1ccc(CNC(=O)C2CCN(c3cncc(-n4nc(C)cc4C)n3)CC2)cc1. The minimum Gasteiger partial charge on any atom is -0.497 e. The van der Waals surface area contributed by atoms with Gasteiger partial charge in [0.2, 0.25) is 5.91 Å². The van der Waals surface area contributed by atoms with Crippen molar-refractivity contribution in [3.8, 4) is 11.6 Å². The lowest BCUT2D eigenvalue weighted by Gasteiger charge is -2.32. The molecule has 0 atom stereocenters. The van der Waals surface area contributed by atoms with Crippen LogP contribution in [0.5, 0.6) is 5.75 Å². The van der Waals surface area contributed by atoms with E-state index in [1.54, 1.807) is 19.5 Å². The van der Waals surface area contributed by atoms with Crippen LogP contribution in [0.1, 0.15) is 29.8 Å². The predicted molar refractivity (Wildman–Crippen MR) is 118 cm³/mol. The summed E-state index contributed by atoms with van der Waals surface area (Å²) in [5.74, 6) is 2.47. The van der Waals surface area contributed by atoms with Crippen LogP contribution >= 0.6 is 0 Å². The average molecular weight is 421 g/mol. The van der Waals surface area contributed by atoms with Crippen LogP contribution in [0.25, 0.3) is 5.82 Å². The van der Waals surface area contributed by atoms with Crippen LogP contribution in [0, 0.1) is 19.8 Å². The summed E-state index contributed by atoms with van der Waals surface area (Å²) in [6.45, 7) is 6.04. The van der Waals surface area contributed by atoms with Crippen molar-refractivity contribution in [2.45, 2.75) is 33.2 Å². The second-order valence-corrected chi connectivity index (χ2v) is 7.90. The quantitative estimate of drug-likeness (QED) is 0.660. The topological polar surface area (TPSA) is 85.2 Å². The first-order chi connectivity index (χ1) is 15.0. The highest BCUT2D eigenvalue weighted by atomic mass is 16.5. The molecule has 0 saturated carbocycles. The van der Waals surface area contributed by atoms with Crippen molar-refractivity contribution in [3.05, 3.63) is 59.7 Å². The fraction of sp³-hybridized carbons (Fsp3) is 0.391. The molecular weight excluding hydrogens is 392 g/mol. The number of carbonyl (C=O) groups excluding carboxylic acids is 1. The number of piperidine rings is 1. The molecule has 0 radical (unpaired) electrons. The normalized spacial score (nSPS) is 14.5. The van der Waals surface area contributed by atoms with Crippen LogP contribution in [0.4, 0.5) is 5.82 Å². The Morgan fingerprint density at radius 1 is 1.13 bits per heavy atom. The van der Waals surface area contributed by atoms with Gasteiger partial charge in [-0.2, -0.15) is 5.10 Å². The molecule has 162 valence electrons. The van der Waals surface area contributed by atoms with Gasteiger partial charge >= 0.3 is 0 Å². The molecule has 1 N–H and O–H groups in total. The van der Waals surface area contributed by atoms with E-state index in [4.69, 9.17) is 9.72 Å². The lowest BCUT2D eigenvalue weighted by Crippen LogP contribution is -2.40. The molecule has 31 heavy (non-hydrogen) atoms. The fourth-order valence-corrected chi connectivity index (χ4v) is 3.91. The van der Waals surface area contributed by atoms with Crippen LogP contribution in [-0.2, 0) is 11.3 Å². The highest BCUT2D eigenvalue weighted by Gasteiger charge is 2.26. The van der Waals surface area contributed by atoms with E-state index < -0.39 is 0 Å². The van der Waals surface area contributed by atoms with Crippen molar-refractivity contribution in [1.29, 1.82) is 0 Å². The summed E-state index contributed by atoms with van der Waals surface area (Å²) in [6.07, 6.45) is 5.09. The Kier molecular flexibility index (Phi) is 6.16. The van der Waals surface area contributed by atoms with Gasteiger partial charge in [0.05, 0.1) is 25.2 Å². The van der Waals surface area contributed by atoms with Crippen molar-refractivity contribution in [3.63, 3.8) is 0 Å². The number of rotatable bonds is 6. The number of nitrogens with one attached hydrogen (secondary N) is 1. The van der Waals surface area contributed by atoms with Gasteiger partial charge in [-0.1, -0.05) is 12.1 Å². The van der Waals surface area contributed by atoms with E-state index in [-0.39, 0.29) is 11.8 Å². The van der Waals surface area contributed by atoms with E-state index in [0.717, 1.165) is 54.4 Å². The monoisotopic (exact) mass is 420 g/mol. The Balaban J connectivity index is 1.32. The van der Waals surface area contributed by atoms with Crippen molar-refractivity contribution in [2.24, 2.45) is 5.92 Å². The molecule has 1 amide bonds. The molecule has 0 bridgehead atoms. The van der Waals surface area contributed by atoms with Crippen molar-refractivity contribution in [2.75, 3.05) is 25.1 Å². The van der Waals surface area contributed by atoms with Gasteiger partial charge in [0.15, 0.2) is 5.82 Å². The van der Waals surface area contributed by atoms with Crippen LogP contribution < -0.4 is 15.0 Å². The van der Waals surface area contributed by atoms with Crippen molar-refractivity contribution < 1.29 is 9.53 Å². The van der Waals surface area contributed by atoms with E-state index >= 15 is 0 Å². The number of nitrogens with zero attached hydrogens (tertiary/aromatic N) is 5. The van der Waals surface area contributed by atoms with Crippen LogP contribution in [0.2, 0.25) is 0 Å². The van der Waals surface area contributed by atoms with Crippen molar-refractivity contribution in [1.82, 2.24) is 25.1 Å². The third kappa shape index (κ3) is 4.84. The molecule has 0 unspecified atom stereocenters. The Labute approximate surface area is 182 Å². The first-order valence-electron chi connectivity index (χ1n) is 10.5. The number of carbonyl (C=O) groups is 1. The predicted octanol–water partition coefficient (Wildman–Crippen LogP) is 2.82. The summed E-state index contributed by atoms with van der Waals surface area (Å²) in [5, 5.41) is 7.55. The van der Waals surface area contributed by atoms with Gasteiger partial charge in [0.1, 0.15) is 11.6 Å². The number of anilines is 1. The largest absolute Gasteiger partial charge is 0.497 e. The third-order valence-corrected chi connectivity index (χ3v) is 5.65. The lowest BCUT2D eigenvalue weighted by atomic mass is 9.96. The summed E-state index contributed by atoms with van der Waals surface area (Å²) < 4.78 is 6.98. The van der Waals surface area contributed by atoms with Gasteiger partial charge in [-0.3, -0.25) is 9.78 Å². The first-order valence-corrected chi connectivity index (χ1v) is 10.5. The Hall–Kier alpha value is -3.42. The molecule has 1 saturated heterocycles. The Morgan fingerprint density at radius 2 is 1.84 bits per heavy atom. The summed E-state index contributed by atoms with van der Waals surface area (Å²) in [7, 11) is 1.64. The van der Waals surface area contributed by atoms with Gasteiger partial charge in [-0.05, 0) is 50.5 Å². The Morgan fingerprint density at radius 3 is 2.48 bits per heavy atom. The summed E-state index contributed by atoms with van der Waals surface area (Å²) in [5.41, 5.74) is 3.03. The third-order valence-electron chi connectivity index (χ3n) is 5.65. The Bertz CT molecular complexity index is 1040. The first kappa shape index (κ1) is 20.8. The second-order valence-electron chi connectivity index (χ2n) is 7.90. The number of aryl methyl sites for hydroxylation is 2. The van der Waals surface area contributed by atoms with E-state index in [1.165, 1.54) is 0 Å². The van der Waals surface area contributed by atoms with Crippen LogP contribution in [0.3, 0.4) is 0 Å². The highest BCUT2D eigenvalue weighted by Crippen LogP contribution is 2.23. The molecule has 1 aliphatic heterocycles. The number of hydrogen-bond donors (Lipinski definition) is 1. The number of benzene rings is 1. The standard InChI is InChI=1S/C23H28N6O2/c1-16-12-17(2)29(27-16)22-15-24-14-21(26-22)28-10-8-19(9-11-28)23(30)25-13-18-4-6-20(31-3)7-5-18/h4-7,12,14-15,19H,8-11,13H2,1-3H3,(H,25,30). The molecule has 0 spiro atoms. The van der Waals surface area contributed by atoms with Gasteiger partial charge in [0.25, 0.3) is 0 Å². The molecule has 4 rings (SSSR count). The maximum absolute atomic E-state index is 12.6. The number of ether oxygens (including phenoxy) is 1. The average Bonchev–Trinajstić information content (AvgIpc) is 3.16. The van der Waals surface area contributed by atoms with Crippen LogP contribution in [-0.4, -0.2) is 45.9 Å². The molecule has 8 heteroatoms. The van der Waals surface area contributed by atoms with E-state index in [0.29, 0.717) is 12.4 Å². The minimum absolute atomic E-state index is 0.0154. The second kappa shape index (κ2) is 9.16. The highest BCUT2D eigenvalue weighted by molar-refractivity contribution is 5.79. The van der Waals surface area contributed by atoms with Crippen molar-refractivity contribution >= 4 is 11.7 Å². The van der Waals surface area contributed by atoms with E-state index in [2.05, 4.69) is 20.3 Å². The van der Waals surface area contributed by atoms with Gasteiger partial charge < -0.3 is 15.0 Å². The molecule has 3 aromatic rings. The van der Waals surface area contributed by atoms with Gasteiger partial charge in [-0.25, -0.2) is 9.67 Å². The fourth-order valence-electron chi connectivity index (χ4n) is 3.91. The van der Waals surface area contributed by atoms with Gasteiger partial charge in [0, 0.05) is 31.2 Å². The molecule has 1 aromatic carbocycles. The number of methoxy groups -OCH3 is 1. The maximum Gasteiger partial charge on any atom is 0.223 e. The molecule has 1 fully saturated rings. The maximum atomic E-state index is 12.6. The minimum atomic E-state index is 0.0154. The summed E-state index contributed by atoms with van der Waals surface area (Å²) in [6, 6.07) is 9.76. The molecule has 8 nitrogen and oxygen atoms in total. The zero-order valence-electron chi connectivity index (χ0n) is 18.2. The molecule has 3 heterocycles. The van der Waals surface area contributed by atoms with E-state index in [1.807, 2.05) is 48.9 Å². The van der Waals surface area contributed by atoms with Gasteiger partial charge in [-0.15, -0.1) is 0 Å². The lowest BCUT2D eigenvalue weighted by molar-refractivity contribution is -0.125. The molecule has 2 aromatic heterocycles. The zero-order chi connectivity index (χ0) is 21.8. The zero-order valence-corrected chi connectivity index (χ0v) is 18.2. The number of aromatic nitrogens is 4. The summed E-state index contributed by atoms with van der Waals surface area (Å²) >= 11 is 0. The summed E-state index contributed by atoms with van der Waals surface area (Å²) in [4.78, 5) is 23.9. The molecular formula is C23H28N6O2.